The van der Waals surface area contributed by atoms with Crippen LogP contribution in [-0.4, -0.2) is 53.7 Å². The van der Waals surface area contributed by atoms with Gasteiger partial charge in [-0.05, 0) is 43.3 Å². The fraction of sp³-hybridized carbons (Fsp3) is 0.167. The van der Waals surface area contributed by atoms with Gasteiger partial charge in [0.1, 0.15) is 0 Å². The van der Waals surface area contributed by atoms with Crippen molar-refractivity contribution < 1.29 is 34.1 Å². The number of benzene rings is 3. The molecule has 9 heteroatoms. The molecule has 0 unspecified atom stereocenters. The molecule has 0 aliphatic rings. The summed E-state index contributed by atoms with van der Waals surface area (Å²) >= 11 is 0. The molecule has 0 aromatic heterocycles. The van der Waals surface area contributed by atoms with E-state index < -0.39 is 23.8 Å². The summed E-state index contributed by atoms with van der Waals surface area (Å²) in [6, 6.07) is 13.4. The minimum absolute atomic E-state index is 0.0572. The molecule has 3 aromatic rings. The van der Waals surface area contributed by atoms with Gasteiger partial charge in [0.15, 0.2) is 0 Å². The Morgan fingerprint density at radius 3 is 1.79 bits per heavy atom. The Bertz CT molecular complexity index is 1220. The second kappa shape index (κ2) is 10.4. The number of fused-ring (bicyclic) bond motifs is 1. The molecule has 3 aromatic carbocycles. The Balaban J connectivity index is 2.19. The smallest absolute Gasteiger partial charge is 0.336 e. The molecule has 9 nitrogen and oxygen atoms in total. The maximum Gasteiger partial charge on any atom is 0.336 e. The van der Waals surface area contributed by atoms with Crippen molar-refractivity contribution in [3.63, 3.8) is 0 Å². The van der Waals surface area contributed by atoms with Gasteiger partial charge in [0.2, 0.25) is 0 Å². The number of carbonyl (C=O) groups excluding carboxylic acids is 2. The molecule has 0 aliphatic heterocycles. The number of carboxylic acid groups (broad SMARTS) is 2. The first-order valence-electron chi connectivity index (χ1n) is 10.1. The summed E-state index contributed by atoms with van der Waals surface area (Å²) in [5, 5.41) is 24.5. The Hall–Kier alpha value is -4.24. The van der Waals surface area contributed by atoms with Gasteiger partial charge in [-0.2, -0.15) is 0 Å². The lowest BCUT2D eigenvalue weighted by Crippen LogP contribution is -2.28. The highest BCUT2D eigenvalue weighted by Crippen LogP contribution is 2.31. The third-order valence-corrected chi connectivity index (χ3v) is 4.88. The van der Waals surface area contributed by atoms with Crippen molar-refractivity contribution in [3.05, 3.63) is 76.9 Å². The largest absolute Gasteiger partial charge is 0.478 e. The molecule has 3 rings (SSSR count). The van der Waals surface area contributed by atoms with Crippen molar-refractivity contribution >= 4 is 40.2 Å². The van der Waals surface area contributed by atoms with Crippen LogP contribution in [-0.2, 0) is 4.74 Å². The number of anilines is 1. The normalized spacial score (nSPS) is 10.6. The first kappa shape index (κ1) is 23.4. The monoisotopic (exact) mass is 450 g/mol. The lowest BCUT2D eigenvalue weighted by Gasteiger charge is -2.16. The molecule has 0 spiro atoms. The van der Waals surface area contributed by atoms with Crippen LogP contribution < -0.4 is 10.6 Å². The van der Waals surface area contributed by atoms with Crippen LogP contribution in [0.2, 0.25) is 0 Å². The number of rotatable bonds is 9. The number of hydrogen-bond acceptors (Lipinski definition) is 5. The quantitative estimate of drug-likeness (QED) is 0.367. The van der Waals surface area contributed by atoms with Gasteiger partial charge in [-0.1, -0.05) is 18.2 Å². The van der Waals surface area contributed by atoms with Gasteiger partial charge in [-0.25, -0.2) is 9.59 Å². The Morgan fingerprint density at radius 1 is 0.758 bits per heavy atom. The third-order valence-electron chi connectivity index (χ3n) is 4.88. The van der Waals surface area contributed by atoms with Gasteiger partial charge in [-0.3, -0.25) is 9.59 Å². The molecule has 0 bridgehead atoms. The molecule has 0 aliphatic carbocycles. The predicted molar refractivity (Wildman–Crippen MR) is 121 cm³/mol. The van der Waals surface area contributed by atoms with E-state index in [1.807, 2.05) is 0 Å². The minimum Gasteiger partial charge on any atom is -0.478 e. The molecular formula is C24H22N2O7. The van der Waals surface area contributed by atoms with Crippen LogP contribution in [0, 0.1) is 0 Å². The molecule has 0 atom stereocenters. The van der Waals surface area contributed by atoms with E-state index in [4.69, 9.17) is 4.74 Å². The first-order chi connectivity index (χ1) is 15.8. The Morgan fingerprint density at radius 2 is 1.27 bits per heavy atom. The summed E-state index contributed by atoms with van der Waals surface area (Å²) in [6.45, 7) is 2.70. The van der Waals surface area contributed by atoms with Crippen LogP contribution in [0.25, 0.3) is 10.8 Å². The van der Waals surface area contributed by atoms with E-state index in [2.05, 4.69) is 10.6 Å². The molecule has 0 saturated carbocycles. The third kappa shape index (κ3) is 5.16. The fourth-order valence-corrected chi connectivity index (χ4v) is 3.43. The Kier molecular flexibility index (Phi) is 7.37. The molecule has 170 valence electrons. The second-order valence-electron chi connectivity index (χ2n) is 6.95. The van der Waals surface area contributed by atoms with Crippen molar-refractivity contribution in [1.82, 2.24) is 5.32 Å². The molecule has 0 saturated heterocycles. The van der Waals surface area contributed by atoms with Crippen molar-refractivity contribution in [3.8, 4) is 0 Å². The summed E-state index contributed by atoms with van der Waals surface area (Å²) in [5.74, 6) is -3.97. The van der Waals surface area contributed by atoms with E-state index in [-0.39, 0.29) is 46.2 Å². The maximum atomic E-state index is 13.0. The number of carboxylic acids is 2. The molecule has 0 fully saturated rings. The number of para-hydroxylation sites is 1. The minimum atomic E-state index is -1.36. The highest BCUT2D eigenvalue weighted by atomic mass is 16.5. The number of hydrogen-bond donors (Lipinski definition) is 4. The topological polar surface area (TPSA) is 142 Å². The van der Waals surface area contributed by atoms with E-state index in [0.717, 1.165) is 12.1 Å². The SMILES string of the molecule is CCOCCNC(=O)c1ccc(C(=O)Nc2ccccc2)c2c(C(=O)O)ccc(C(=O)O)c12. The lowest BCUT2D eigenvalue weighted by atomic mass is 9.91. The number of aromatic carboxylic acids is 2. The highest BCUT2D eigenvalue weighted by Gasteiger charge is 2.25. The van der Waals surface area contributed by atoms with E-state index in [9.17, 15) is 29.4 Å². The maximum absolute atomic E-state index is 13.0. The summed E-state index contributed by atoms with van der Waals surface area (Å²) in [7, 11) is 0. The number of ether oxygens (including phenoxy) is 1. The number of nitrogens with one attached hydrogen (secondary N) is 2. The summed E-state index contributed by atoms with van der Waals surface area (Å²) in [4.78, 5) is 49.8. The van der Waals surface area contributed by atoms with E-state index >= 15 is 0 Å². The first-order valence-corrected chi connectivity index (χ1v) is 10.1. The van der Waals surface area contributed by atoms with Crippen LogP contribution in [0.15, 0.2) is 54.6 Å². The summed E-state index contributed by atoms with van der Waals surface area (Å²) in [6.07, 6.45) is 0. The Labute approximate surface area is 189 Å². The fourth-order valence-electron chi connectivity index (χ4n) is 3.43. The highest BCUT2D eigenvalue weighted by molar-refractivity contribution is 6.24. The standard InChI is InChI=1S/C24H22N2O7/c1-2-33-13-12-25-21(27)15-8-9-16(22(28)26-14-6-4-3-5-7-14)20-18(24(31)32)11-10-17(19(15)20)23(29)30/h3-11H,2,12-13H2,1H3,(H,25,27)(H,26,28)(H,29,30)(H,31,32). The lowest BCUT2D eigenvalue weighted by molar-refractivity contribution is 0.0684. The van der Waals surface area contributed by atoms with E-state index in [0.29, 0.717) is 12.3 Å². The van der Waals surface area contributed by atoms with Crippen LogP contribution in [0.1, 0.15) is 48.4 Å². The second-order valence-corrected chi connectivity index (χ2v) is 6.95. The molecule has 0 radical (unpaired) electrons. The van der Waals surface area contributed by atoms with Crippen LogP contribution in [0.5, 0.6) is 0 Å². The number of amides is 2. The van der Waals surface area contributed by atoms with Crippen LogP contribution in [0.3, 0.4) is 0 Å². The van der Waals surface area contributed by atoms with Gasteiger partial charge < -0.3 is 25.6 Å². The molecule has 0 heterocycles. The zero-order chi connectivity index (χ0) is 24.0. The number of carbonyl (C=O) groups is 4. The summed E-state index contributed by atoms with van der Waals surface area (Å²) < 4.78 is 5.19. The average Bonchev–Trinajstić information content (AvgIpc) is 2.80. The van der Waals surface area contributed by atoms with Crippen LogP contribution >= 0.6 is 0 Å². The van der Waals surface area contributed by atoms with Crippen molar-refractivity contribution in [2.75, 3.05) is 25.1 Å². The molecular weight excluding hydrogens is 428 g/mol. The zero-order valence-corrected chi connectivity index (χ0v) is 17.8. The van der Waals surface area contributed by atoms with E-state index in [1.165, 1.54) is 12.1 Å². The van der Waals surface area contributed by atoms with Gasteiger partial charge in [0, 0.05) is 40.7 Å². The zero-order valence-electron chi connectivity index (χ0n) is 17.8. The van der Waals surface area contributed by atoms with E-state index in [1.54, 1.807) is 37.3 Å². The van der Waals surface area contributed by atoms with Crippen LogP contribution in [0.4, 0.5) is 5.69 Å². The summed E-state index contributed by atoms with van der Waals surface area (Å²) in [5.41, 5.74) is -0.241. The van der Waals surface area contributed by atoms with Gasteiger partial charge in [0.05, 0.1) is 17.7 Å². The molecule has 2 amide bonds. The molecule has 33 heavy (non-hydrogen) atoms. The van der Waals surface area contributed by atoms with Crippen molar-refractivity contribution in [2.24, 2.45) is 0 Å². The van der Waals surface area contributed by atoms with Crippen molar-refractivity contribution in [2.45, 2.75) is 6.92 Å². The predicted octanol–water partition coefficient (Wildman–Crippen LogP) is 3.25. The van der Waals surface area contributed by atoms with Crippen molar-refractivity contribution in [1.29, 1.82) is 0 Å². The van der Waals surface area contributed by atoms with Gasteiger partial charge >= 0.3 is 11.9 Å². The van der Waals surface area contributed by atoms with Gasteiger partial charge in [-0.15, -0.1) is 0 Å². The molecule has 4 N–H and O–H groups in total. The average molecular weight is 450 g/mol. The van der Waals surface area contributed by atoms with Gasteiger partial charge in [0.25, 0.3) is 11.8 Å².